The van der Waals surface area contributed by atoms with E-state index in [4.69, 9.17) is 14.6 Å². The van der Waals surface area contributed by atoms with E-state index in [0.29, 0.717) is 5.92 Å². The van der Waals surface area contributed by atoms with E-state index >= 15 is 0 Å². The van der Waals surface area contributed by atoms with Crippen molar-refractivity contribution in [3.05, 3.63) is 17.7 Å². The summed E-state index contributed by atoms with van der Waals surface area (Å²) in [6.45, 7) is 1.13. The van der Waals surface area contributed by atoms with Crippen LogP contribution in [0.5, 0.6) is 11.5 Å². The van der Waals surface area contributed by atoms with E-state index in [0.717, 1.165) is 42.1 Å². The van der Waals surface area contributed by atoms with Crippen LogP contribution in [-0.2, 0) is 0 Å². The molecular weight excluding hydrogens is 218 g/mol. The number of aliphatic hydroxyl groups is 1. The van der Waals surface area contributed by atoms with Crippen LogP contribution in [0.4, 0.5) is 5.69 Å². The summed E-state index contributed by atoms with van der Waals surface area (Å²) in [7, 11) is 3.31. The highest BCUT2D eigenvalue weighted by molar-refractivity contribution is 5.64. The molecule has 0 fully saturated rings. The molecule has 1 unspecified atom stereocenters. The smallest absolute Gasteiger partial charge is 0.128 e. The maximum atomic E-state index is 9.12. The molecule has 0 bridgehead atoms. The first-order valence-electron chi connectivity index (χ1n) is 5.90. The molecule has 2 rings (SSSR count). The number of nitrogens with one attached hydrogen (secondary N) is 1. The molecular formula is C13H19NO3. The summed E-state index contributed by atoms with van der Waals surface area (Å²) in [5.74, 6) is 1.99. The SMILES string of the molecule is COc1cc2c(c(OC)c1)C(CCO)CCN2. The first-order chi connectivity index (χ1) is 8.30. The van der Waals surface area contributed by atoms with Gasteiger partial charge < -0.3 is 19.9 Å². The average Bonchev–Trinajstić information content (AvgIpc) is 2.38. The molecule has 94 valence electrons. The highest BCUT2D eigenvalue weighted by Gasteiger charge is 2.24. The van der Waals surface area contributed by atoms with E-state index in [2.05, 4.69) is 5.32 Å². The molecule has 0 amide bonds. The fraction of sp³-hybridized carbons (Fsp3) is 0.538. The van der Waals surface area contributed by atoms with Crippen LogP contribution in [0.1, 0.15) is 24.3 Å². The normalized spacial score (nSPS) is 18.2. The molecule has 1 aromatic carbocycles. The first kappa shape index (κ1) is 12.0. The molecule has 1 heterocycles. The van der Waals surface area contributed by atoms with Gasteiger partial charge in [0.25, 0.3) is 0 Å². The third-order valence-corrected chi connectivity index (χ3v) is 3.27. The lowest BCUT2D eigenvalue weighted by Gasteiger charge is -2.28. The van der Waals surface area contributed by atoms with Crippen LogP contribution in [-0.4, -0.2) is 32.5 Å². The second-order valence-electron chi connectivity index (χ2n) is 4.22. The Balaban J connectivity index is 2.44. The maximum absolute atomic E-state index is 9.12. The summed E-state index contributed by atoms with van der Waals surface area (Å²) in [6, 6.07) is 3.89. The van der Waals surface area contributed by atoms with Crippen molar-refractivity contribution in [2.75, 3.05) is 32.7 Å². The predicted molar refractivity (Wildman–Crippen MR) is 67.1 cm³/mol. The first-order valence-corrected chi connectivity index (χ1v) is 5.90. The van der Waals surface area contributed by atoms with E-state index in [1.54, 1.807) is 14.2 Å². The zero-order valence-electron chi connectivity index (χ0n) is 10.3. The average molecular weight is 237 g/mol. The number of benzene rings is 1. The number of methoxy groups -OCH3 is 2. The lowest BCUT2D eigenvalue weighted by molar-refractivity contribution is 0.271. The van der Waals surface area contributed by atoms with Crippen LogP contribution < -0.4 is 14.8 Å². The Morgan fingerprint density at radius 3 is 2.82 bits per heavy atom. The number of ether oxygens (including phenoxy) is 2. The second kappa shape index (κ2) is 5.27. The molecule has 17 heavy (non-hydrogen) atoms. The van der Waals surface area contributed by atoms with Gasteiger partial charge in [0, 0.05) is 36.5 Å². The van der Waals surface area contributed by atoms with Gasteiger partial charge in [-0.05, 0) is 18.8 Å². The van der Waals surface area contributed by atoms with Gasteiger partial charge in [0.2, 0.25) is 0 Å². The highest BCUT2D eigenvalue weighted by Crippen LogP contribution is 2.42. The molecule has 4 nitrogen and oxygen atoms in total. The molecule has 1 atom stereocenters. The third kappa shape index (κ3) is 2.31. The van der Waals surface area contributed by atoms with Gasteiger partial charge in [0.1, 0.15) is 11.5 Å². The molecule has 0 spiro atoms. The van der Waals surface area contributed by atoms with Crippen LogP contribution in [0.2, 0.25) is 0 Å². The summed E-state index contributed by atoms with van der Waals surface area (Å²) in [5, 5.41) is 12.5. The van der Waals surface area contributed by atoms with Crippen LogP contribution in [0.15, 0.2) is 12.1 Å². The summed E-state index contributed by atoms with van der Waals surface area (Å²) in [6.07, 6.45) is 1.80. The second-order valence-corrected chi connectivity index (χ2v) is 4.22. The molecule has 0 saturated heterocycles. The third-order valence-electron chi connectivity index (χ3n) is 3.27. The number of fused-ring (bicyclic) bond motifs is 1. The van der Waals surface area contributed by atoms with Crippen molar-refractivity contribution in [1.29, 1.82) is 0 Å². The molecule has 4 heteroatoms. The number of hydrogen-bond donors (Lipinski definition) is 2. The number of rotatable bonds is 4. The molecule has 1 aliphatic heterocycles. The zero-order chi connectivity index (χ0) is 12.3. The zero-order valence-corrected chi connectivity index (χ0v) is 10.3. The van der Waals surface area contributed by atoms with Gasteiger partial charge in [0.15, 0.2) is 0 Å². The lowest BCUT2D eigenvalue weighted by Crippen LogP contribution is -2.18. The highest BCUT2D eigenvalue weighted by atomic mass is 16.5. The van der Waals surface area contributed by atoms with Gasteiger partial charge >= 0.3 is 0 Å². The quantitative estimate of drug-likeness (QED) is 0.840. The van der Waals surface area contributed by atoms with Crippen molar-refractivity contribution in [2.45, 2.75) is 18.8 Å². The molecule has 2 N–H and O–H groups in total. The van der Waals surface area contributed by atoms with E-state index in [9.17, 15) is 0 Å². The lowest BCUT2D eigenvalue weighted by atomic mass is 9.87. The predicted octanol–water partition coefficient (Wildman–Crippen LogP) is 1.99. The Hall–Kier alpha value is -1.42. The van der Waals surface area contributed by atoms with Crippen LogP contribution in [0, 0.1) is 0 Å². The van der Waals surface area contributed by atoms with Gasteiger partial charge in [-0.25, -0.2) is 0 Å². The van der Waals surface area contributed by atoms with E-state index < -0.39 is 0 Å². The Morgan fingerprint density at radius 2 is 2.18 bits per heavy atom. The van der Waals surface area contributed by atoms with Crippen molar-refractivity contribution in [3.8, 4) is 11.5 Å². The number of anilines is 1. The standard InChI is InChI=1S/C13H19NO3/c1-16-10-7-11-13(12(8-10)17-2)9(4-6-15)3-5-14-11/h7-9,14-15H,3-6H2,1-2H3. The molecule has 1 aromatic rings. The van der Waals surface area contributed by atoms with E-state index in [-0.39, 0.29) is 6.61 Å². The molecule has 0 aromatic heterocycles. The fourth-order valence-corrected chi connectivity index (χ4v) is 2.43. The Bertz CT molecular complexity index is 375. The van der Waals surface area contributed by atoms with Crippen molar-refractivity contribution < 1.29 is 14.6 Å². The van der Waals surface area contributed by atoms with Gasteiger partial charge in [-0.15, -0.1) is 0 Å². The summed E-state index contributed by atoms with van der Waals surface area (Å²) < 4.78 is 10.7. The summed E-state index contributed by atoms with van der Waals surface area (Å²) in [4.78, 5) is 0. The summed E-state index contributed by atoms with van der Waals surface area (Å²) >= 11 is 0. The molecule has 1 aliphatic rings. The Kier molecular flexibility index (Phi) is 3.74. The van der Waals surface area contributed by atoms with Gasteiger partial charge in [-0.3, -0.25) is 0 Å². The van der Waals surface area contributed by atoms with Crippen LogP contribution >= 0.6 is 0 Å². The Labute approximate surface area is 102 Å². The van der Waals surface area contributed by atoms with Crippen LogP contribution in [0.3, 0.4) is 0 Å². The van der Waals surface area contributed by atoms with Gasteiger partial charge in [-0.1, -0.05) is 0 Å². The van der Waals surface area contributed by atoms with Crippen molar-refractivity contribution >= 4 is 5.69 Å². The minimum atomic E-state index is 0.208. The van der Waals surface area contributed by atoms with Crippen molar-refractivity contribution in [1.82, 2.24) is 0 Å². The minimum absolute atomic E-state index is 0.208. The van der Waals surface area contributed by atoms with Crippen molar-refractivity contribution in [2.24, 2.45) is 0 Å². The van der Waals surface area contributed by atoms with Crippen LogP contribution in [0.25, 0.3) is 0 Å². The topological polar surface area (TPSA) is 50.7 Å². The van der Waals surface area contributed by atoms with E-state index in [1.807, 2.05) is 12.1 Å². The van der Waals surface area contributed by atoms with Crippen molar-refractivity contribution in [3.63, 3.8) is 0 Å². The number of aliphatic hydroxyl groups excluding tert-OH is 1. The molecule has 0 aliphatic carbocycles. The monoisotopic (exact) mass is 237 g/mol. The van der Waals surface area contributed by atoms with E-state index in [1.165, 1.54) is 0 Å². The Morgan fingerprint density at radius 1 is 1.35 bits per heavy atom. The van der Waals surface area contributed by atoms with Gasteiger partial charge in [0.05, 0.1) is 14.2 Å². The largest absolute Gasteiger partial charge is 0.497 e. The molecule has 0 radical (unpaired) electrons. The molecule has 0 saturated carbocycles. The minimum Gasteiger partial charge on any atom is -0.497 e. The maximum Gasteiger partial charge on any atom is 0.128 e. The summed E-state index contributed by atoms with van der Waals surface area (Å²) in [5.41, 5.74) is 2.22. The van der Waals surface area contributed by atoms with Gasteiger partial charge in [-0.2, -0.15) is 0 Å². The number of hydrogen-bond acceptors (Lipinski definition) is 4. The fourth-order valence-electron chi connectivity index (χ4n) is 2.43.